The van der Waals surface area contributed by atoms with Crippen LogP contribution in [0.25, 0.3) is 10.2 Å². The number of nitrogens with zero attached hydrogens (tertiary/aromatic N) is 2. The van der Waals surface area contributed by atoms with E-state index in [1.807, 2.05) is 25.1 Å². The van der Waals surface area contributed by atoms with Crippen molar-refractivity contribution in [3.63, 3.8) is 0 Å². The lowest BCUT2D eigenvalue weighted by Gasteiger charge is -2.15. The Morgan fingerprint density at radius 2 is 2.07 bits per heavy atom. The molecule has 6 nitrogen and oxygen atoms in total. The molecule has 0 atom stereocenters. The van der Waals surface area contributed by atoms with E-state index in [-0.39, 0.29) is 12.4 Å². The third kappa shape index (κ3) is 3.42. The lowest BCUT2D eigenvalue weighted by Crippen LogP contribution is -2.11. The number of nitrogens with one attached hydrogen (secondary N) is 1. The summed E-state index contributed by atoms with van der Waals surface area (Å²) in [7, 11) is 1.64. The van der Waals surface area contributed by atoms with Crippen LogP contribution in [-0.4, -0.2) is 29.7 Å². The number of aryl methyl sites for hydroxylation is 3. The minimum atomic E-state index is -0.505. The van der Waals surface area contributed by atoms with Crippen molar-refractivity contribution in [2.45, 2.75) is 39.5 Å². The van der Waals surface area contributed by atoms with Crippen molar-refractivity contribution in [2.75, 3.05) is 19.0 Å². The summed E-state index contributed by atoms with van der Waals surface area (Å²) in [5.41, 5.74) is 3.22. The van der Waals surface area contributed by atoms with Crippen molar-refractivity contribution in [2.24, 2.45) is 0 Å². The SMILES string of the molecule is CCOC(=O)c1nc(Nc2cc(C)ccc2OC)c2c3c(sc2n1)CCCC3. The van der Waals surface area contributed by atoms with E-state index in [0.717, 1.165) is 46.5 Å². The Morgan fingerprint density at radius 3 is 2.86 bits per heavy atom. The standard InChI is InChI=1S/C21H23N3O3S/c1-4-27-21(25)19-23-18(22-14-11-12(2)9-10-15(14)26-3)17-13-7-5-6-8-16(13)28-20(17)24-19/h9-11H,4-8H2,1-3H3,(H,22,23,24). The second kappa shape index (κ2) is 7.75. The number of methoxy groups -OCH3 is 1. The van der Waals surface area contributed by atoms with Gasteiger partial charge in [0.05, 0.1) is 24.8 Å². The number of rotatable bonds is 5. The highest BCUT2D eigenvalue weighted by molar-refractivity contribution is 7.19. The van der Waals surface area contributed by atoms with Gasteiger partial charge >= 0.3 is 5.97 Å². The molecule has 0 bridgehead atoms. The van der Waals surface area contributed by atoms with E-state index < -0.39 is 5.97 Å². The van der Waals surface area contributed by atoms with Gasteiger partial charge in [-0.3, -0.25) is 0 Å². The highest BCUT2D eigenvalue weighted by Gasteiger charge is 2.24. The molecule has 0 saturated carbocycles. The zero-order valence-electron chi connectivity index (χ0n) is 16.3. The minimum absolute atomic E-state index is 0.0852. The molecule has 1 aliphatic rings. The fraction of sp³-hybridized carbons (Fsp3) is 0.381. The van der Waals surface area contributed by atoms with Crippen molar-refractivity contribution in [1.29, 1.82) is 0 Å². The predicted octanol–water partition coefficient (Wildman–Crippen LogP) is 4.81. The average Bonchev–Trinajstić information content (AvgIpc) is 3.07. The lowest BCUT2D eigenvalue weighted by molar-refractivity contribution is 0.0512. The van der Waals surface area contributed by atoms with E-state index >= 15 is 0 Å². The van der Waals surface area contributed by atoms with Gasteiger partial charge in [-0.2, -0.15) is 0 Å². The molecule has 146 valence electrons. The number of esters is 1. The van der Waals surface area contributed by atoms with Gasteiger partial charge in [-0.05, 0) is 62.8 Å². The molecule has 2 aromatic heterocycles. The molecule has 0 saturated heterocycles. The molecule has 0 spiro atoms. The third-order valence-corrected chi connectivity index (χ3v) is 6.07. The van der Waals surface area contributed by atoms with Gasteiger partial charge in [-0.15, -0.1) is 11.3 Å². The summed E-state index contributed by atoms with van der Waals surface area (Å²) in [6.07, 6.45) is 4.41. The summed E-state index contributed by atoms with van der Waals surface area (Å²) >= 11 is 1.66. The second-order valence-corrected chi connectivity index (χ2v) is 7.92. The lowest BCUT2D eigenvalue weighted by atomic mass is 9.97. The van der Waals surface area contributed by atoms with Gasteiger partial charge < -0.3 is 14.8 Å². The molecule has 7 heteroatoms. The van der Waals surface area contributed by atoms with E-state index in [4.69, 9.17) is 9.47 Å². The van der Waals surface area contributed by atoms with Gasteiger partial charge in [0.1, 0.15) is 16.4 Å². The first-order valence-corrected chi connectivity index (χ1v) is 10.3. The van der Waals surface area contributed by atoms with E-state index in [1.54, 1.807) is 25.4 Å². The Bertz CT molecular complexity index is 1050. The molecular formula is C21H23N3O3S. The molecule has 1 aliphatic carbocycles. The summed E-state index contributed by atoms with van der Waals surface area (Å²) < 4.78 is 10.6. The topological polar surface area (TPSA) is 73.3 Å². The summed E-state index contributed by atoms with van der Waals surface area (Å²) in [5.74, 6) is 0.938. The Kier molecular flexibility index (Phi) is 5.17. The van der Waals surface area contributed by atoms with Crippen LogP contribution in [0.3, 0.4) is 0 Å². The number of benzene rings is 1. The smallest absolute Gasteiger partial charge is 0.376 e. The zero-order valence-corrected chi connectivity index (χ0v) is 17.1. The largest absolute Gasteiger partial charge is 0.495 e. The van der Waals surface area contributed by atoms with Crippen LogP contribution in [0.4, 0.5) is 11.5 Å². The molecule has 0 aliphatic heterocycles. The van der Waals surface area contributed by atoms with Crippen LogP contribution in [-0.2, 0) is 17.6 Å². The number of hydrogen-bond acceptors (Lipinski definition) is 7. The van der Waals surface area contributed by atoms with Gasteiger partial charge in [-0.1, -0.05) is 6.07 Å². The molecule has 3 aromatic rings. The first kappa shape index (κ1) is 18.7. The maximum Gasteiger partial charge on any atom is 0.376 e. The number of aromatic nitrogens is 2. The zero-order chi connectivity index (χ0) is 19.7. The quantitative estimate of drug-likeness (QED) is 0.623. The number of fused-ring (bicyclic) bond motifs is 3. The third-order valence-electron chi connectivity index (χ3n) is 4.88. The molecular weight excluding hydrogens is 374 g/mol. The Labute approximate surface area is 167 Å². The highest BCUT2D eigenvalue weighted by Crippen LogP contribution is 2.40. The van der Waals surface area contributed by atoms with Gasteiger partial charge in [0, 0.05) is 4.88 Å². The maximum atomic E-state index is 12.3. The van der Waals surface area contributed by atoms with Crippen LogP contribution < -0.4 is 10.1 Å². The summed E-state index contributed by atoms with van der Waals surface area (Å²) in [6, 6.07) is 5.93. The van der Waals surface area contributed by atoms with Crippen LogP contribution in [0.15, 0.2) is 18.2 Å². The Morgan fingerprint density at radius 1 is 1.25 bits per heavy atom. The molecule has 28 heavy (non-hydrogen) atoms. The first-order valence-electron chi connectivity index (χ1n) is 9.51. The molecule has 0 fully saturated rings. The van der Waals surface area contributed by atoms with Gasteiger partial charge in [-0.25, -0.2) is 14.8 Å². The van der Waals surface area contributed by atoms with Crippen LogP contribution in [0.1, 0.15) is 46.4 Å². The molecule has 2 heterocycles. The van der Waals surface area contributed by atoms with E-state index in [9.17, 15) is 4.79 Å². The highest BCUT2D eigenvalue weighted by atomic mass is 32.1. The minimum Gasteiger partial charge on any atom is -0.495 e. The number of ether oxygens (including phenoxy) is 2. The van der Waals surface area contributed by atoms with E-state index in [1.165, 1.54) is 16.9 Å². The molecule has 1 aromatic carbocycles. The fourth-order valence-corrected chi connectivity index (χ4v) is 4.84. The van der Waals surface area contributed by atoms with Gasteiger partial charge in [0.15, 0.2) is 0 Å². The van der Waals surface area contributed by atoms with Crippen LogP contribution in [0.5, 0.6) is 5.75 Å². The van der Waals surface area contributed by atoms with Crippen molar-refractivity contribution in [3.8, 4) is 5.75 Å². The normalized spacial score (nSPS) is 13.2. The van der Waals surface area contributed by atoms with E-state index in [0.29, 0.717) is 5.82 Å². The number of anilines is 2. The molecule has 1 N–H and O–H groups in total. The molecule has 0 amide bonds. The second-order valence-electron chi connectivity index (χ2n) is 6.84. The molecule has 4 rings (SSSR count). The van der Waals surface area contributed by atoms with Crippen molar-refractivity contribution >= 4 is 39.0 Å². The van der Waals surface area contributed by atoms with Gasteiger partial charge in [0.2, 0.25) is 5.82 Å². The number of hydrogen-bond donors (Lipinski definition) is 1. The van der Waals surface area contributed by atoms with E-state index in [2.05, 4.69) is 15.3 Å². The summed E-state index contributed by atoms with van der Waals surface area (Å²) in [5, 5.41) is 4.41. The Hall–Kier alpha value is -2.67. The van der Waals surface area contributed by atoms with Gasteiger partial charge in [0.25, 0.3) is 0 Å². The van der Waals surface area contributed by atoms with Crippen molar-refractivity contribution in [1.82, 2.24) is 9.97 Å². The predicted molar refractivity (Wildman–Crippen MR) is 111 cm³/mol. The average molecular weight is 398 g/mol. The van der Waals surface area contributed by atoms with Crippen LogP contribution in [0, 0.1) is 6.92 Å². The summed E-state index contributed by atoms with van der Waals surface area (Å²) in [6.45, 7) is 4.09. The van der Waals surface area contributed by atoms with Crippen molar-refractivity contribution < 1.29 is 14.3 Å². The summed E-state index contributed by atoms with van der Waals surface area (Å²) in [4.78, 5) is 23.6. The van der Waals surface area contributed by atoms with Crippen LogP contribution >= 0.6 is 11.3 Å². The van der Waals surface area contributed by atoms with Crippen molar-refractivity contribution in [3.05, 3.63) is 40.0 Å². The first-order chi connectivity index (χ1) is 13.6. The Balaban J connectivity index is 1.88. The number of thiophene rings is 1. The number of carbonyl (C=O) groups excluding carboxylic acids is 1. The fourth-order valence-electron chi connectivity index (χ4n) is 3.58. The van der Waals surface area contributed by atoms with Crippen LogP contribution in [0.2, 0.25) is 0 Å². The monoisotopic (exact) mass is 397 g/mol. The number of carbonyl (C=O) groups is 1. The molecule has 0 unspecified atom stereocenters. The maximum absolute atomic E-state index is 12.3. The molecule has 0 radical (unpaired) electrons.